The first-order valence-corrected chi connectivity index (χ1v) is 7.75. The Morgan fingerprint density at radius 1 is 1.18 bits per heavy atom. The van der Waals surface area contributed by atoms with Gasteiger partial charge in [-0.3, -0.25) is 4.79 Å². The molecule has 1 N–H and O–H groups in total. The van der Waals surface area contributed by atoms with Crippen molar-refractivity contribution < 1.29 is 4.79 Å². The molecule has 1 aromatic carbocycles. The van der Waals surface area contributed by atoms with E-state index in [-0.39, 0.29) is 5.91 Å². The van der Waals surface area contributed by atoms with Crippen molar-refractivity contribution >= 4 is 29.1 Å². The molecule has 2 aromatic rings. The predicted octanol–water partition coefficient (Wildman–Crippen LogP) is 3.37. The lowest BCUT2D eigenvalue weighted by molar-refractivity contribution is 0.102. The summed E-state index contributed by atoms with van der Waals surface area (Å²) in [6.45, 7) is 1.89. The minimum absolute atomic E-state index is 0.261. The molecule has 1 saturated heterocycles. The van der Waals surface area contributed by atoms with Crippen LogP contribution in [0.2, 0.25) is 5.02 Å². The first-order valence-electron chi connectivity index (χ1n) is 7.37. The van der Waals surface area contributed by atoms with E-state index in [0.717, 1.165) is 25.9 Å². The maximum absolute atomic E-state index is 12.3. The fourth-order valence-electron chi connectivity index (χ4n) is 2.48. The van der Waals surface area contributed by atoms with Gasteiger partial charge in [-0.2, -0.15) is 0 Å². The fraction of sp³-hybridized carbons (Fsp3) is 0.312. The number of carbonyl (C=O) groups excluding carboxylic acids is 1. The summed E-state index contributed by atoms with van der Waals surface area (Å²) in [5, 5.41) is 3.38. The van der Waals surface area contributed by atoms with Crippen LogP contribution in [-0.2, 0) is 0 Å². The van der Waals surface area contributed by atoms with Crippen molar-refractivity contribution in [2.24, 2.45) is 0 Å². The predicted molar refractivity (Wildman–Crippen MR) is 87.5 cm³/mol. The summed E-state index contributed by atoms with van der Waals surface area (Å²) >= 11 is 5.92. The smallest absolute Gasteiger partial charge is 0.274 e. The van der Waals surface area contributed by atoms with Gasteiger partial charge < -0.3 is 10.2 Å². The topological polar surface area (TPSA) is 58.1 Å². The Hall–Kier alpha value is -2.14. The van der Waals surface area contributed by atoms with E-state index in [1.165, 1.54) is 6.42 Å². The minimum atomic E-state index is -0.261. The van der Waals surface area contributed by atoms with Crippen LogP contribution in [0, 0.1) is 0 Å². The number of benzene rings is 1. The number of rotatable bonds is 3. The summed E-state index contributed by atoms with van der Waals surface area (Å²) in [7, 11) is 0. The molecule has 1 amide bonds. The standard InChI is InChI=1S/C16H17ClN4O/c17-12-5-4-6-13(11-12)19-15(22)14-7-8-18-16(20-14)21-9-2-1-3-10-21/h4-8,11H,1-3,9-10H2,(H,19,22). The lowest BCUT2D eigenvalue weighted by Crippen LogP contribution is -2.31. The molecule has 0 saturated carbocycles. The molecule has 1 aromatic heterocycles. The van der Waals surface area contributed by atoms with Gasteiger partial charge in [0.15, 0.2) is 0 Å². The number of aromatic nitrogens is 2. The van der Waals surface area contributed by atoms with Gasteiger partial charge in [0.2, 0.25) is 5.95 Å². The van der Waals surface area contributed by atoms with Gasteiger partial charge in [-0.15, -0.1) is 0 Å². The Balaban J connectivity index is 1.75. The van der Waals surface area contributed by atoms with Crippen LogP contribution in [0.3, 0.4) is 0 Å². The quantitative estimate of drug-likeness (QED) is 0.943. The van der Waals surface area contributed by atoms with Crippen molar-refractivity contribution in [3.05, 3.63) is 47.2 Å². The third-order valence-corrected chi connectivity index (χ3v) is 3.83. The molecule has 0 radical (unpaired) electrons. The SMILES string of the molecule is O=C(Nc1cccc(Cl)c1)c1ccnc(N2CCCCC2)n1. The highest BCUT2D eigenvalue weighted by atomic mass is 35.5. The molecule has 6 heteroatoms. The van der Waals surface area contributed by atoms with Crippen molar-refractivity contribution in [2.45, 2.75) is 19.3 Å². The Morgan fingerprint density at radius 2 is 2.00 bits per heavy atom. The van der Waals surface area contributed by atoms with Crippen LogP contribution in [0.15, 0.2) is 36.5 Å². The van der Waals surface area contributed by atoms with Crippen molar-refractivity contribution in [3.8, 4) is 0 Å². The Kier molecular flexibility index (Phi) is 4.53. The summed E-state index contributed by atoms with van der Waals surface area (Å²) < 4.78 is 0. The molecule has 0 spiro atoms. The number of carbonyl (C=O) groups is 1. The molecule has 0 aliphatic carbocycles. The third kappa shape index (κ3) is 3.54. The third-order valence-electron chi connectivity index (χ3n) is 3.60. The molecule has 114 valence electrons. The summed E-state index contributed by atoms with van der Waals surface area (Å²) in [5.74, 6) is 0.362. The minimum Gasteiger partial charge on any atom is -0.341 e. The second-order valence-corrected chi connectivity index (χ2v) is 5.69. The van der Waals surface area contributed by atoms with Gasteiger partial charge >= 0.3 is 0 Å². The number of nitrogens with zero attached hydrogens (tertiary/aromatic N) is 3. The monoisotopic (exact) mass is 316 g/mol. The molecule has 5 nitrogen and oxygen atoms in total. The maximum atomic E-state index is 12.3. The average molecular weight is 317 g/mol. The lowest BCUT2D eigenvalue weighted by atomic mass is 10.1. The molecule has 22 heavy (non-hydrogen) atoms. The molecule has 2 heterocycles. The largest absolute Gasteiger partial charge is 0.341 e. The Labute approximate surface area is 134 Å². The van der Waals surface area contributed by atoms with Crippen molar-refractivity contribution in [1.29, 1.82) is 0 Å². The van der Waals surface area contributed by atoms with Crippen LogP contribution >= 0.6 is 11.6 Å². The van der Waals surface area contributed by atoms with E-state index >= 15 is 0 Å². The molecule has 1 aliphatic rings. The summed E-state index contributed by atoms with van der Waals surface area (Å²) in [4.78, 5) is 23.1. The van der Waals surface area contributed by atoms with E-state index in [2.05, 4.69) is 20.2 Å². The highest BCUT2D eigenvalue weighted by molar-refractivity contribution is 6.30. The number of anilines is 2. The molecule has 1 aliphatic heterocycles. The van der Waals surface area contributed by atoms with E-state index in [4.69, 9.17) is 11.6 Å². The highest BCUT2D eigenvalue weighted by Gasteiger charge is 2.16. The van der Waals surface area contributed by atoms with Crippen LogP contribution in [-0.4, -0.2) is 29.0 Å². The van der Waals surface area contributed by atoms with E-state index in [1.54, 1.807) is 36.5 Å². The van der Waals surface area contributed by atoms with E-state index in [1.807, 2.05) is 0 Å². The Bertz CT molecular complexity index is 671. The van der Waals surface area contributed by atoms with Gasteiger partial charge in [-0.05, 0) is 43.5 Å². The summed E-state index contributed by atoms with van der Waals surface area (Å²) in [6, 6.07) is 8.66. The molecule has 1 fully saturated rings. The van der Waals surface area contributed by atoms with Gasteiger partial charge in [0.1, 0.15) is 5.69 Å². The zero-order valence-electron chi connectivity index (χ0n) is 12.1. The maximum Gasteiger partial charge on any atom is 0.274 e. The zero-order chi connectivity index (χ0) is 15.4. The number of hydrogen-bond acceptors (Lipinski definition) is 4. The van der Waals surface area contributed by atoms with Crippen molar-refractivity contribution in [1.82, 2.24) is 9.97 Å². The average Bonchev–Trinajstić information content (AvgIpc) is 2.56. The van der Waals surface area contributed by atoms with E-state index in [0.29, 0.717) is 22.4 Å². The number of halogens is 1. The van der Waals surface area contributed by atoms with Gasteiger partial charge in [0.25, 0.3) is 5.91 Å². The normalized spacial score (nSPS) is 14.7. The highest BCUT2D eigenvalue weighted by Crippen LogP contribution is 2.17. The molecule has 0 bridgehead atoms. The van der Waals surface area contributed by atoms with Gasteiger partial charge in [-0.25, -0.2) is 9.97 Å². The van der Waals surface area contributed by atoms with E-state index in [9.17, 15) is 4.79 Å². The van der Waals surface area contributed by atoms with Gasteiger partial charge in [0, 0.05) is 30.0 Å². The van der Waals surface area contributed by atoms with Gasteiger partial charge in [0.05, 0.1) is 0 Å². The molecule has 3 rings (SSSR count). The Morgan fingerprint density at radius 3 is 2.77 bits per heavy atom. The number of nitrogens with one attached hydrogen (secondary N) is 1. The van der Waals surface area contributed by atoms with Crippen LogP contribution in [0.4, 0.5) is 11.6 Å². The molecule has 0 atom stereocenters. The zero-order valence-corrected chi connectivity index (χ0v) is 12.9. The molecule has 0 unspecified atom stereocenters. The second kappa shape index (κ2) is 6.75. The van der Waals surface area contributed by atoms with Crippen molar-refractivity contribution in [2.75, 3.05) is 23.3 Å². The fourth-order valence-corrected chi connectivity index (χ4v) is 2.67. The second-order valence-electron chi connectivity index (χ2n) is 5.25. The first-order chi connectivity index (χ1) is 10.7. The number of amides is 1. The van der Waals surface area contributed by atoms with Crippen molar-refractivity contribution in [3.63, 3.8) is 0 Å². The molecular weight excluding hydrogens is 300 g/mol. The van der Waals surface area contributed by atoms with Crippen LogP contribution in [0.1, 0.15) is 29.8 Å². The van der Waals surface area contributed by atoms with E-state index < -0.39 is 0 Å². The van der Waals surface area contributed by atoms with Crippen LogP contribution in [0.5, 0.6) is 0 Å². The lowest BCUT2D eigenvalue weighted by Gasteiger charge is -2.26. The van der Waals surface area contributed by atoms with Crippen LogP contribution in [0.25, 0.3) is 0 Å². The van der Waals surface area contributed by atoms with Gasteiger partial charge in [-0.1, -0.05) is 17.7 Å². The molecular formula is C16H17ClN4O. The van der Waals surface area contributed by atoms with Crippen LogP contribution < -0.4 is 10.2 Å². The summed E-state index contributed by atoms with van der Waals surface area (Å²) in [6.07, 6.45) is 5.15. The number of piperidine rings is 1. The number of hydrogen-bond donors (Lipinski definition) is 1. The summed E-state index contributed by atoms with van der Waals surface area (Å²) in [5.41, 5.74) is 1.01. The first kappa shape index (κ1) is 14.8.